The number of nitrogens with one attached hydrogen (secondary N) is 1. The van der Waals surface area contributed by atoms with Crippen molar-refractivity contribution in [2.75, 3.05) is 19.0 Å². The van der Waals surface area contributed by atoms with Gasteiger partial charge in [0.15, 0.2) is 11.5 Å². The Balaban J connectivity index is 1.72. The number of benzene rings is 2. The largest absolute Gasteiger partial charge is 0.493 e. The first-order chi connectivity index (χ1) is 15.8. The number of hydrogen-bond donors (Lipinski definition) is 1. The third kappa shape index (κ3) is 4.63. The highest BCUT2D eigenvalue weighted by atomic mass is 32.2. The molecule has 0 bridgehead atoms. The van der Waals surface area contributed by atoms with Gasteiger partial charge in [-0.3, -0.25) is 4.79 Å². The number of carbonyl (C=O) groups is 1. The van der Waals surface area contributed by atoms with E-state index in [1.54, 1.807) is 30.7 Å². The molecule has 1 aromatic heterocycles. The molecule has 0 saturated heterocycles. The number of hydrogen-bond acceptors (Lipinski definition) is 6. The predicted octanol–water partition coefficient (Wildman–Crippen LogP) is 5.55. The van der Waals surface area contributed by atoms with Gasteiger partial charge in [-0.1, -0.05) is 31.5 Å². The lowest BCUT2D eigenvalue weighted by atomic mass is 9.90. The molecule has 4 rings (SSSR count). The summed E-state index contributed by atoms with van der Waals surface area (Å²) in [5, 5.41) is 4.43. The minimum atomic E-state index is -3.77. The molecular weight excluding hydrogens is 458 g/mol. The van der Waals surface area contributed by atoms with Crippen molar-refractivity contribution in [3.63, 3.8) is 0 Å². The Kier molecular flexibility index (Phi) is 6.76. The lowest BCUT2D eigenvalue weighted by Gasteiger charge is -2.24. The molecule has 2 heterocycles. The summed E-state index contributed by atoms with van der Waals surface area (Å²) in [5.41, 5.74) is 2.12. The first kappa shape index (κ1) is 23.3. The van der Waals surface area contributed by atoms with Crippen LogP contribution in [0.4, 0.5) is 5.69 Å². The van der Waals surface area contributed by atoms with E-state index in [1.165, 1.54) is 11.3 Å². The molecule has 1 N–H and O–H groups in total. The number of sulfone groups is 1. The van der Waals surface area contributed by atoms with E-state index < -0.39 is 9.84 Å². The zero-order valence-electron chi connectivity index (χ0n) is 18.9. The number of ether oxygens (including phenoxy) is 2. The van der Waals surface area contributed by atoms with E-state index in [1.807, 2.05) is 31.2 Å². The van der Waals surface area contributed by atoms with E-state index in [0.29, 0.717) is 23.8 Å². The number of thiophene rings is 1. The number of aryl methyl sites for hydroxylation is 1. The van der Waals surface area contributed by atoms with Crippen LogP contribution in [0.2, 0.25) is 0 Å². The minimum absolute atomic E-state index is 0.137. The SMILES string of the molecule is CCCCOc1ccc(C2CC(=O)Nc3c(S(=O)(=O)c4cccc(C)c4)csc32)cc1OC. The molecule has 1 amide bonds. The van der Waals surface area contributed by atoms with Gasteiger partial charge in [0, 0.05) is 22.6 Å². The maximum atomic E-state index is 13.4. The van der Waals surface area contributed by atoms with Crippen LogP contribution in [0.25, 0.3) is 0 Å². The number of carbonyl (C=O) groups excluding carboxylic acids is 1. The van der Waals surface area contributed by atoms with Crippen LogP contribution >= 0.6 is 11.3 Å². The molecule has 174 valence electrons. The maximum Gasteiger partial charge on any atom is 0.225 e. The van der Waals surface area contributed by atoms with E-state index in [4.69, 9.17) is 9.47 Å². The quantitative estimate of drug-likeness (QED) is 0.423. The van der Waals surface area contributed by atoms with Gasteiger partial charge in [0.2, 0.25) is 15.7 Å². The standard InChI is InChI=1S/C25H27NO5S2/c1-4-5-11-31-20-10-9-17(13-21(20)30-3)19-14-23(27)26-24-22(15-32-25(19)24)33(28,29)18-8-6-7-16(2)12-18/h6-10,12-13,15,19H,4-5,11,14H2,1-3H3,(H,26,27). The number of unbranched alkanes of at least 4 members (excludes halogenated alkanes) is 1. The highest BCUT2D eigenvalue weighted by Gasteiger charge is 2.34. The molecule has 2 aromatic carbocycles. The lowest BCUT2D eigenvalue weighted by molar-refractivity contribution is -0.116. The van der Waals surface area contributed by atoms with Crippen molar-refractivity contribution < 1.29 is 22.7 Å². The molecule has 0 aliphatic carbocycles. The molecule has 1 atom stereocenters. The summed E-state index contributed by atoms with van der Waals surface area (Å²) >= 11 is 1.35. The Morgan fingerprint density at radius 2 is 1.97 bits per heavy atom. The van der Waals surface area contributed by atoms with E-state index in [9.17, 15) is 13.2 Å². The van der Waals surface area contributed by atoms with E-state index >= 15 is 0 Å². The number of fused-ring (bicyclic) bond motifs is 1. The average molecular weight is 486 g/mol. The van der Waals surface area contributed by atoms with E-state index in [-0.39, 0.29) is 28.0 Å². The second-order valence-electron chi connectivity index (χ2n) is 8.08. The van der Waals surface area contributed by atoms with Gasteiger partial charge in [0.1, 0.15) is 4.90 Å². The van der Waals surface area contributed by atoms with Crippen LogP contribution in [0.1, 0.15) is 48.1 Å². The van der Waals surface area contributed by atoms with Gasteiger partial charge in [-0.05, 0) is 48.7 Å². The number of rotatable bonds is 8. The Labute approximate surface area is 198 Å². The average Bonchev–Trinajstić information content (AvgIpc) is 3.23. The predicted molar refractivity (Wildman–Crippen MR) is 129 cm³/mol. The van der Waals surface area contributed by atoms with E-state index in [2.05, 4.69) is 12.2 Å². The van der Waals surface area contributed by atoms with Gasteiger partial charge in [-0.15, -0.1) is 11.3 Å². The summed E-state index contributed by atoms with van der Waals surface area (Å²) < 4.78 is 38.1. The fraction of sp³-hybridized carbons (Fsp3) is 0.320. The fourth-order valence-corrected chi connectivity index (χ4v) is 6.94. The molecule has 6 nitrogen and oxygen atoms in total. The van der Waals surface area contributed by atoms with Crippen molar-refractivity contribution >= 4 is 32.8 Å². The molecule has 1 aliphatic heterocycles. The Morgan fingerprint density at radius 3 is 2.70 bits per heavy atom. The summed E-state index contributed by atoms with van der Waals surface area (Å²) in [6.45, 7) is 4.56. The number of methoxy groups -OCH3 is 1. The monoisotopic (exact) mass is 485 g/mol. The summed E-state index contributed by atoms with van der Waals surface area (Å²) in [5.74, 6) is 0.775. The summed E-state index contributed by atoms with van der Waals surface area (Å²) in [7, 11) is -2.18. The van der Waals surface area contributed by atoms with Crippen LogP contribution in [0.15, 0.2) is 57.6 Å². The van der Waals surface area contributed by atoms with Crippen molar-refractivity contribution in [3.05, 3.63) is 63.8 Å². The van der Waals surface area contributed by atoms with Gasteiger partial charge in [-0.25, -0.2) is 8.42 Å². The van der Waals surface area contributed by atoms with Crippen LogP contribution in [-0.4, -0.2) is 28.0 Å². The molecule has 0 fully saturated rings. The molecular formula is C25H27NO5S2. The van der Waals surface area contributed by atoms with Gasteiger partial charge in [0.25, 0.3) is 0 Å². The highest BCUT2D eigenvalue weighted by molar-refractivity contribution is 7.91. The Hall–Kier alpha value is -2.84. The molecule has 0 radical (unpaired) electrons. The normalized spacial score (nSPS) is 15.6. The van der Waals surface area contributed by atoms with Crippen LogP contribution in [0.3, 0.4) is 0 Å². The van der Waals surface area contributed by atoms with Gasteiger partial charge in [-0.2, -0.15) is 0 Å². The number of anilines is 1. The van der Waals surface area contributed by atoms with Crippen LogP contribution in [0.5, 0.6) is 11.5 Å². The van der Waals surface area contributed by atoms with E-state index in [0.717, 1.165) is 28.8 Å². The van der Waals surface area contributed by atoms with Crippen LogP contribution in [0, 0.1) is 6.92 Å². The molecule has 0 spiro atoms. The van der Waals surface area contributed by atoms with Gasteiger partial charge in [0.05, 0.1) is 24.3 Å². The van der Waals surface area contributed by atoms with Crippen molar-refractivity contribution in [3.8, 4) is 11.5 Å². The highest BCUT2D eigenvalue weighted by Crippen LogP contribution is 2.47. The lowest BCUT2D eigenvalue weighted by Crippen LogP contribution is -2.23. The van der Waals surface area contributed by atoms with Crippen molar-refractivity contribution in [2.24, 2.45) is 0 Å². The zero-order valence-corrected chi connectivity index (χ0v) is 20.5. The molecule has 8 heteroatoms. The van der Waals surface area contributed by atoms with Crippen molar-refractivity contribution in [1.82, 2.24) is 0 Å². The fourth-order valence-electron chi connectivity index (χ4n) is 3.93. The topological polar surface area (TPSA) is 81.7 Å². The molecule has 1 unspecified atom stereocenters. The van der Waals surface area contributed by atoms with Gasteiger partial charge < -0.3 is 14.8 Å². The first-order valence-corrected chi connectivity index (χ1v) is 13.2. The molecule has 33 heavy (non-hydrogen) atoms. The summed E-state index contributed by atoms with van der Waals surface area (Å²) in [4.78, 5) is 13.8. The first-order valence-electron chi connectivity index (χ1n) is 10.9. The third-order valence-electron chi connectivity index (χ3n) is 5.69. The van der Waals surface area contributed by atoms with Crippen molar-refractivity contribution in [2.45, 2.75) is 48.8 Å². The maximum absolute atomic E-state index is 13.4. The summed E-state index contributed by atoms with van der Waals surface area (Å²) in [6, 6.07) is 12.4. The Morgan fingerprint density at radius 1 is 1.15 bits per heavy atom. The Bertz CT molecular complexity index is 1280. The second kappa shape index (κ2) is 9.57. The zero-order chi connectivity index (χ0) is 23.6. The molecule has 0 saturated carbocycles. The van der Waals surface area contributed by atoms with Crippen molar-refractivity contribution in [1.29, 1.82) is 0 Å². The van der Waals surface area contributed by atoms with Crippen LogP contribution < -0.4 is 14.8 Å². The number of amides is 1. The smallest absolute Gasteiger partial charge is 0.225 e. The van der Waals surface area contributed by atoms with Crippen LogP contribution in [-0.2, 0) is 14.6 Å². The van der Waals surface area contributed by atoms with Gasteiger partial charge >= 0.3 is 0 Å². The second-order valence-corrected chi connectivity index (χ2v) is 10.9. The minimum Gasteiger partial charge on any atom is -0.493 e. The molecule has 1 aliphatic rings. The molecule has 3 aromatic rings. The summed E-state index contributed by atoms with van der Waals surface area (Å²) in [6.07, 6.45) is 2.22. The third-order valence-corrected chi connectivity index (χ3v) is 8.71.